The van der Waals surface area contributed by atoms with Crippen molar-refractivity contribution < 1.29 is 4.74 Å². The molecule has 1 fully saturated rings. The van der Waals surface area contributed by atoms with Crippen molar-refractivity contribution in [2.75, 3.05) is 30.3 Å². The number of ether oxygens (including phenoxy) is 1. The molecule has 5 nitrogen and oxygen atoms in total. The van der Waals surface area contributed by atoms with Crippen LogP contribution < -0.4 is 10.6 Å². The highest BCUT2D eigenvalue weighted by atomic mass is 35.5. The van der Waals surface area contributed by atoms with E-state index in [1.807, 2.05) is 0 Å². The largest absolute Gasteiger partial charge is 0.378 e. The lowest BCUT2D eigenvalue weighted by Gasteiger charge is -2.16. The summed E-state index contributed by atoms with van der Waals surface area (Å²) in [5.41, 5.74) is 0. The van der Waals surface area contributed by atoms with E-state index in [2.05, 4.69) is 34.4 Å². The van der Waals surface area contributed by atoms with E-state index in [9.17, 15) is 0 Å². The molecule has 0 bridgehead atoms. The average Bonchev–Trinajstić information content (AvgIpc) is 2.82. The normalized spacial score (nSPS) is 22.5. The standard InChI is InChI=1S/C13H21ClN4O/c1-3-5-15-13-17-8-11(14)12(18-13)16-7-10-4-6-19-9(10)2/h8-10H,3-7H2,1-2H3,(H2,15,16,17,18). The fourth-order valence-corrected chi connectivity index (χ4v) is 2.24. The zero-order chi connectivity index (χ0) is 13.7. The van der Waals surface area contributed by atoms with Gasteiger partial charge in [0.15, 0.2) is 0 Å². The molecule has 19 heavy (non-hydrogen) atoms. The molecule has 106 valence electrons. The predicted octanol–water partition coefficient (Wildman–Crippen LogP) is 2.79. The maximum absolute atomic E-state index is 6.11. The second kappa shape index (κ2) is 6.91. The van der Waals surface area contributed by atoms with Gasteiger partial charge in [0.25, 0.3) is 0 Å². The Morgan fingerprint density at radius 1 is 1.47 bits per heavy atom. The third-order valence-corrected chi connectivity index (χ3v) is 3.62. The van der Waals surface area contributed by atoms with E-state index in [1.54, 1.807) is 6.20 Å². The minimum atomic E-state index is 0.297. The Balaban J connectivity index is 1.94. The quantitative estimate of drug-likeness (QED) is 0.841. The van der Waals surface area contributed by atoms with Gasteiger partial charge < -0.3 is 15.4 Å². The number of nitrogens with one attached hydrogen (secondary N) is 2. The van der Waals surface area contributed by atoms with Crippen molar-refractivity contribution in [1.29, 1.82) is 0 Å². The van der Waals surface area contributed by atoms with Crippen molar-refractivity contribution in [1.82, 2.24) is 9.97 Å². The summed E-state index contributed by atoms with van der Waals surface area (Å²) in [6.45, 7) is 6.73. The number of halogens is 1. The van der Waals surface area contributed by atoms with E-state index < -0.39 is 0 Å². The maximum atomic E-state index is 6.11. The second-order valence-corrected chi connectivity index (χ2v) is 5.23. The molecule has 2 rings (SSSR count). The summed E-state index contributed by atoms with van der Waals surface area (Å²) in [4.78, 5) is 8.54. The van der Waals surface area contributed by atoms with Gasteiger partial charge in [-0.1, -0.05) is 18.5 Å². The monoisotopic (exact) mass is 284 g/mol. The fraction of sp³-hybridized carbons (Fsp3) is 0.692. The highest BCUT2D eigenvalue weighted by Crippen LogP contribution is 2.23. The van der Waals surface area contributed by atoms with Crippen LogP contribution in [0.4, 0.5) is 11.8 Å². The molecule has 1 saturated heterocycles. The van der Waals surface area contributed by atoms with Gasteiger partial charge in [0, 0.05) is 25.6 Å². The van der Waals surface area contributed by atoms with Crippen LogP contribution in [0.15, 0.2) is 6.20 Å². The molecule has 1 aliphatic heterocycles. The van der Waals surface area contributed by atoms with Crippen LogP contribution in [-0.2, 0) is 4.74 Å². The average molecular weight is 285 g/mol. The number of rotatable bonds is 6. The van der Waals surface area contributed by atoms with Crippen molar-refractivity contribution in [3.63, 3.8) is 0 Å². The number of hydrogen-bond donors (Lipinski definition) is 2. The minimum absolute atomic E-state index is 0.297. The topological polar surface area (TPSA) is 59.1 Å². The number of nitrogens with zero attached hydrogens (tertiary/aromatic N) is 2. The summed E-state index contributed by atoms with van der Waals surface area (Å²) >= 11 is 6.11. The van der Waals surface area contributed by atoms with E-state index in [0.717, 1.165) is 32.5 Å². The van der Waals surface area contributed by atoms with Gasteiger partial charge in [-0.15, -0.1) is 0 Å². The van der Waals surface area contributed by atoms with E-state index >= 15 is 0 Å². The molecule has 1 aromatic heterocycles. The van der Waals surface area contributed by atoms with Crippen molar-refractivity contribution >= 4 is 23.4 Å². The van der Waals surface area contributed by atoms with Crippen LogP contribution in [0.2, 0.25) is 5.02 Å². The molecule has 0 saturated carbocycles. The number of hydrogen-bond acceptors (Lipinski definition) is 5. The van der Waals surface area contributed by atoms with Crippen LogP contribution in [0.1, 0.15) is 26.7 Å². The number of aromatic nitrogens is 2. The van der Waals surface area contributed by atoms with E-state index in [-0.39, 0.29) is 0 Å². The first-order valence-electron chi connectivity index (χ1n) is 6.82. The minimum Gasteiger partial charge on any atom is -0.378 e. The van der Waals surface area contributed by atoms with Crippen LogP contribution in [0, 0.1) is 5.92 Å². The molecule has 0 spiro atoms. The van der Waals surface area contributed by atoms with Gasteiger partial charge in [-0.05, 0) is 19.8 Å². The third kappa shape index (κ3) is 3.94. The van der Waals surface area contributed by atoms with Crippen LogP contribution >= 0.6 is 11.6 Å². The van der Waals surface area contributed by atoms with Gasteiger partial charge in [0.2, 0.25) is 5.95 Å². The first-order valence-corrected chi connectivity index (χ1v) is 7.20. The van der Waals surface area contributed by atoms with E-state index in [1.165, 1.54) is 0 Å². The van der Waals surface area contributed by atoms with Crippen LogP contribution in [-0.4, -0.2) is 35.8 Å². The van der Waals surface area contributed by atoms with Gasteiger partial charge in [0.1, 0.15) is 10.8 Å². The van der Waals surface area contributed by atoms with Crippen LogP contribution in [0.5, 0.6) is 0 Å². The molecule has 2 heterocycles. The molecule has 1 aliphatic rings. The Hall–Kier alpha value is -1.07. The fourth-order valence-electron chi connectivity index (χ4n) is 2.08. The zero-order valence-corrected chi connectivity index (χ0v) is 12.2. The van der Waals surface area contributed by atoms with Gasteiger partial charge in [-0.2, -0.15) is 4.98 Å². The van der Waals surface area contributed by atoms with E-state index in [0.29, 0.717) is 28.8 Å². The lowest BCUT2D eigenvalue weighted by molar-refractivity contribution is 0.108. The summed E-state index contributed by atoms with van der Waals surface area (Å²) in [7, 11) is 0. The smallest absolute Gasteiger partial charge is 0.224 e. The molecule has 2 unspecified atom stereocenters. The SMILES string of the molecule is CCCNc1ncc(Cl)c(NCC2CCOC2C)n1. The summed E-state index contributed by atoms with van der Waals surface area (Å²) in [6, 6.07) is 0. The molecule has 0 amide bonds. The maximum Gasteiger partial charge on any atom is 0.224 e. The third-order valence-electron chi connectivity index (χ3n) is 3.34. The highest BCUT2D eigenvalue weighted by Gasteiger charge is 2.24. The molecular weight excluding hydrogens is 264 g/mol. The van der Waals surface area contributed by atoms with Crippen molar-refractivity contribution in [2.45, 2.75) is 32.8 Å². The van der Waals surface area contributed by atoms with Crippen LogP contribution in [0.25, 0.3) is 0 Å². The van der Waals surface area contributed by atoms with Gasteiger partial charge >= 0.3 is 0 Å². The van der Waals surface area contributed by atoms with Crippen molar-refractivity contribution in [3.05, 3.63) is 11.2 Å². The summed E-state index contributed by atoms with van der Waals surface area (Å²) in [6.07, 6.45) is 4.04. The Kier molecular flexibility index (Phi) is 5.22. The lowest BCUT2D eigenvalue weighted by Crippen LogP contribution is -2.21. The molecule has 6 heteroatoms. The van der Waals surface area contributed by atoms with Crippen molar-refractivity contribution in [2.24, 2.45) is 5.92 Å². The highest BCUT2D eigenvalue weighted by molar-refractivity contribution is 6.32. The second-order valence-electron chi connectivity index (χ2n) is 4.82. The first kappa shape index (κ1) is 14.3. The lowest BCUT2D eigenvalue weighted by atomic mass is 10.0. The molecule has 2 N–H and O–H groups in total. The van der Waals surface area contributed by atoms with Gasteiger partial charge in [-0.3, -0.25) is 0 Å². The molecular formula is C13H21ClN4O. The molecule has 1 aromatic rings. The molecule has 2 atom stereocenters. The van der Waals surface area contributed by atoms with Crippen molar-refractivity contribution in [3.8, 4) is 0 Å². The summed E-state index contributed by atoms with van der Waals surface area (Å²) < 4.78 is 5.54. The van der Waals surface area contributed by atoms with Crippen LogP contribution in [0.3, 0.4) is 0 Å². The zero-order valence-electron chi connectivity index (χ0n) is 11.4. The Bertz CT molecular complexity index is 416. The molecule has 0 radical (unpaired) electrons. The van der Waals surface area contributed by atoms with Gasteiger partial charge in [0.05, 0.1) is 12.3 Å². The Morgan fingerprint density at radius 3 is 3.00 bits per heavy atom. The summed E-state index contributed by atoms with van der Waals surface area (Å²) in [5, 5.41) is 7.00. The first-order chi connectivity index (χ1) is 9.20. The van der Waals surface area contributed by atoms with Gasteiger partial charge in [-0.25, -0.2) is 4.98 Å². The summed E-state index contributed by atoms with van der Waals surface area (Å²) in [5.74, 6) is 1.82. The Morgan fingerprint density at radius 2 is 2.32 bits per heavy atom. The van der Waals surface area contributed by atoms with E-state index in [4.69, 9.17) is 16.3 Å². The Labute approximate surface area is 119 Å². The molecule has 0 aromatic carbocycles. The molecule has 0 aliphatic carbocycles. The predicted molar refractivity (Wildman–Crippen MR) is 77.8 cm³/mol. The number of anilines is 2.